The number of hydrogen-bond donors (Lipinski definition) is 3. The van der Waals surface area contributed by atoms with E-state index in [0.29, 0.717) is 28.1 Å². The molecule has 0 unspecified atom stereocenters. The molecule has 0 radical (unpaired) electrons. The molecule has 0 atom stereocenters. The summed E-state index contributed by atoms with van der Waals surface area (Å²) in [6.07, 6.45) is 11.0. The van der Waals surface area contributed by atoms with Crippen molar-refractivity contribution in [1.82, 2.24) is 0 Å². The minimum atomic E-state index is -1.26. The van der Waals surface area contributed by atoms with Crippen LogP contribution in [0.4, 0.5) is 17.1 Å². The van der Waals surface area contributed by atoms with Gasteiger partial charge in [0.05, 0.1) is 16.8 Å². The van der Waals surface area contributed by atoms with Crippen molar-refractivity contribution < 1.29 is 24.3 Å². The van der Waals surface area contributed by atoms with E-state index in [1.165, 1.54) is 44.2 Å². The van der Waals surface area contributed by atoms with Gasteiger partial charge < -0.3 is 15.7 Å². The maximum atomic E-state index is 13.6. The van der Waals surface area contributed by atoms with Gasteiger partial charge in [0, 0.05) is 39.2 Å². The number of nitrogens with zero attached hydrogens (tertiary/aromatic N) is 1. The predicted octanol–water partition coefficient (Wildman–Crippen LogP) is 5.08. The molecule has 0 aromatic heterocycles. The number of aliphatic hydroxyl groups is 1. The Bertz CT molecular complexity index is 1970. The molecule has 218 valence electrons. The maximum absolute atomic E-state index is 13.6. The number of terminal acetylenes is 2. The summed E-state index contributed by atoms with van der Waals surface area (Å²) < 4.78 is 0. The molecule has 0 spiro atoms. The van der Waals surface area contributed by atoms with Crippen molar-refractivity contribution in [2.45, 2.75) is 19.4 Å². The van der Waals surface area contributed by atoms with E-state index in [1.54, 1.807) is 54.6 Å². The number of fused-ring (bicyclic) bond motifs is 1. The summed E-state index contributed by atoms with van der Waals surface area (Å²) in [5.41, 5.74) is 1.36. The van der Waals surface area contributed by atoms with Crippen LogP contribution >= 0.6 is 0 Å². The standard InChI is InChI=1S/C37H25N3O5/c1-5-23-9-7-11-28(17-23)38-33(41)26-20-27(34(42)39-29-12-8-10-24(6-2)18-29)22-30(21-26)40-35(43)31-14-13-25(15-16-37(3,4)45)19-32(31)36(40)44/h1-2,7-14,17-22,45H,3-4H3,(H,38,41)(H,39,42). The first-order valence-electron chi connectivity index (χ1n) is 13.7. The van der Waals surface area contributed by atoms with Gasteiger partial charge in [-0.15, -0.1) is 12.8 Å². The average Bonchev–Trinajstić information content (AvgIpc) is 3.28. The molecule has 8 heteroatoms. The summed E-state index contributed by atoms with van der Waals surface area (Å²) >= 11 is 0. The molecule has 0 aliphatic carbocycles. The molecule has 3 N–H and O–H groups in total. The zero-order chi connectivity index (χ0) is 32.3. The number of anilines is 3. The second-order valence-electron chi connectivity index (χ2n) is 10.6. The molecule has 8 nitrogen and oxygen atoms in total. The zero-order valence-corrected chi connectivity index (χ0v) is 24.3. The van der Waals surface area contributed by atoms with Gasteiger partial charge in [-0.05, 0) is 86.6 Å². The Kier molecular flexibility index (Phi) is 8.07. The molecule has 0 bridgehead atoms. The molecule has 1 heterocycles. The minimum Gasteiger partial charge on any atom is -0.378 e. The van der Waals surface area contributed by atoms with E-state index < -0.39 is 29.2 Å². The van der Waals surface area contributed by atoms with Crippen LogP contribution in [0.5, 0.6) is 0 Å². The SMILES string of the molecule is C#Cc1cccc(NC(=O)c2cc(C(=O)Nc3cccc(C#C)c3)cc(N3C(=O)c4ccc(C#CC(C)(C)O)cc4C3=O)c2)c1. The second-order valence-corrected chi connectivity index (χ2v) is 10.6. The Morgan fingerprint density at radius 1 is 0.711 bits per heavy atom. The lowest BCUT2D eigenvalue weighted by atomic mass is 10.0. The van der Waals surface area contributed by atoms with Crippen LogP contribution in [-0.4, -0.2) is 34.3 Å². The van der Waals surface area contributed by atoms with Crippen molar-refractivity contribution >= 4 is 40.7 Å². The van der Waals surface area contributed by atoms with Crippen molar-refractivity contribution in [2.75, 3.05) is 15.5 Å². The summed E-state index contributed by atoms with van der Waals surface area (Å²) in [7, 11) is 0. The van der Waals surface area contributed by atoms with E-state index in [-0.39, 0.29) is 27.9 Å². The van der Waals surface area contributed by atoms with Gasteiger partial charge in [0.1, 0.15) is 5.60 Å². The Morgan fingerprint density at radius 2 is 1.24 bits per heavy atom. The van der Waals surface area contributed by atoms with Gasteiger partial charge in [-0.1, -0.05) is 35.8 Å². The van der Waals surface area contributed by atoms with Crippen LogP contribution in [0.3, 0.4) is 0 Å². The van der Waals surface area contributed by atoms with Crippen LogP contribution in [0.2, 0.25) is 0 Å². The normalized spacial score (nSPS) is 11.9. The summed E-state index contributed by atoms with van der Waals surface area (Å²) in [6.45, 7) is 3.05. The third kappa shape index (κ3) is 6.66. The number of rotatable bonds is 5. The molecule has 4 amide bonds. The fourth-order valence-corrected chi connectivity index (χ4v) is 4.56. The van der Waals surface area contributed by atoms with E-state index >= 15 is 0 Å². The summed E-state index contributed by atoms with van der Waals surface area (Å²) in [4.78, 5) is 54.9. The predicted molar refractivity (Wildman–Crippen MR) is 172 cm³/mol. The number of hydrogen-bond acceptors (Lipinski definition) is 5. The lowest BCUT2D eigenvalue weighted by Crippen LogP contribution is -2.30. The third-order valence-electron chi connectivity index (χ3n) is 6.67. The van der Waals surface area contributed by atoms with E-state index in [4.69, 9.17) is 12.8 Å². The van der Waals surface area contributed by atoms with E-state index in [0.717, 1.165) is 4.90 Å². The molecule has 0 saturated heterocycles. The zero-order valence-electron chi connectivity index (χ0n) is 24.3. The van der Waals surface area contributed by atoms with Crippen molar-refractivity contribution in [3.05, 3.63) is 124 Å². The van der Waals surface area contributed by atoms with Gasteiger partial charge in [-0.2, -0.15) is 0 Å². The molecule has 1 aliphatic rings. The lowest BCUT2D eigenvalue weighted by Gasteiger charge is -2.17. The monoisotopic (exact) mass is 591 g/mol. The molecular formula is C37H25N3O5. The van der Waals surface area contributed by atoms with Crippen LogP contribution in [0.1, 0.15) is 72.0 Å². The highest BCUT2D eigenvalue weighted by atomic mass is 16.3. The fraction of sp³-hybridized carbons (Fsp3) is 0.0811. The van der Waals surface area contributed by atoms with E-state index in [2.05, 4.69) is 34.3 Å². The van der Waals surface area contributed by atoms with E-state index in [9.17, 15) is 24.3 Å². The number of carbonyl (C=O) groups is 4. The van der Waals surface area contributed by atoms with Gasteiger partial charge in [-0.3, -0.25) is 19.2 Å². The first kappa shape index (κ1) is 30.1. The van der Waals surface area contributed by atoms with E-state index in [1.807, 2.05) is 0 Å². The van der Waals surface area contributed by atoms with Crippen LogP contribution in [0.15, 0.2) is 84.9 Å². The average molecular weight is 592 g/mol. The van der Waals surface area contributed by atoms with Gasteiger partial charge in [0.2, 0.25) is 0 Å². The third-order valence-corrected chi connectivity index (χ3v) is 6.67. The highest BCUT2D eigenvalue weighted by molar-refractivity contribution is 6.35. The first-order chi connectivity index (χ1) is 21.5. The van der Waals surface area contributed by atoms with Crippen molar-refractivity contribution in [2.24, 2.45) is 0 Å². The Balaban J connectivity index is 1.54. The van der Waals surface area contributed by atoms with Crippen molar-refractivity contribution in [3.8, 4) is 36.5 Å². The highest BCUT2D eigenvalue weighted by Crippen LogP contribution is 2.31. The number of nitrogens with one attached hydrogen (secondary N) is 2. The molecule has 4 aromatic carbocycles. The molecule has 1 aliphatic heterocycles. The van der Waals surface area contributed by atoms with Gasteiger partial charge in [-0.25, -0.2) is 4.90 Å². The quantitative estimate of drug-likeness (QED) is 0.221. The lowest BCUT2D eigenvalue weighted by molar-refractivity contribution is 0.0921. The molecule has 0 fully saturated rings. The smallest absolute Gasteiger partial charge is 0.266 e. The molecule has 0 saturated carbocycles. The van der Waals surface area contributed by atoms with Crippen LogP contribution in [0, 0.1) is 36.5 Å². The second kappa shape index (κ2) is 12.1. The van der Waals surface area contributed by atoms with Crippen molar-refractivity contribution in [1.29, 1.82) is 0 Å². The maximum Gasteiger partial charge on any atom is 0.266 e. The first-order valence-corrected chi connectivity index (χ1v) is 13.7. The summed E-state index contributed by atoms with van der Waals surface area (Å²) in [5.74, 6) is 7.98. The fourth-order valence-electron chi connectivity index (χ4n) is 4.56. The van der Waals surface area contributed by atoms with Gasteiger partial charge in [0.25, 0.3) is 23.6 Å². The largest absolute Gasteiger partial charge is 0.378 e. The number of benzene rings is 4. The molecule has 5 rings (SSSR count). The molecular weight excluding hydrogens is 566 g/mol. The van der Waals surface area contributed by atoms with Crippen LogP contribution < -0.4 is 15.5 Å². The molecule has 4 aromatic rings. The van der Waals surface area contributed by atoms with Gasteiger partial charge in [0.15, 0.2) is 0 Å². The minimum absolute atomic E-state index is 0.00873. The van der Waals surface area contributed by atoms with Crippen molar-refractivity contribution in [3.63, 3.8) is 0 Å². The number of amides is 4. The highest BCUT2D eigenvalue weighted by Gasteiger charge is 2.37. The van der Waals surface area contributed by atoms with Gasteiger partial charge >= 0.3 is 0 Å². The number of carbonyl (C=O) groups excluding carboxylic acids is 4. The topological polar surface area (TPSA) is 116 Å². The number of imide groups is 1. The Hall–Kier alpha value is -6.40. The molecule has 45 heavy (non-hydrogen) atoms. The van der Waals surface area contributed by atoms with Crippen LogP contribution in [-0.2, 0) is 0 Å². The summed E-state index contributed by atoms with van der Waals surface area (Å²) in [5, 5.41) is 15.4. The summed E-state index contributed by atoms with van der Waals surface area (Å²) in [6, 6.07) is 21.9. The Labute approximate surface area is 260 Å². The van der Waals surface area contributed by atoms with Crippen LogP contribution in [0.25, 0.3) is 0 Å². The Morgan fingerprint density at radius 3 is 1.76 bits per heavy atom.